The first-order valence-corrected chi connectivity index (χ1v) is 5.47. The Bertz CT molecular complexity index is 474. The number of allylic oxidation sites excluding steroid dienone is 1. The SMILES string of the molecule is O=C1CCC/C1=C/Nc1ccc(C(=O)[O-])cc1. The molecule has 0 radical (unpaired) electrons. The van der Waals surface area contributed by atoms with Crippen LogP contribution in [0.1, 0.15) is 29.6 Å². The first kappa shape index (κ1) is 11.4. The maximum Gasteiger partial charge on any atom is 0.160 e. The molecule has 0 aromatic heterocycles. The van der Waals surface area contributed by atoms with E-state index in [0.717, 1.165) is 24.1 Å². The Morgan fingerprint density at radius 2 is 1.94 bits per heavy atom. The molecule has 0 aliphatic heterocycles. The van der Waals surface area contributed by atoms with Gasteiger partial charge in [0.05, 0.1) is 5.97 Å². The highest BCUT2D eigenvalue weighted by Gasteiger charge is 2.16. The average molecular weight is 230 g/mol. The van der Waals surface area contributed by atoms with Gasteiger partial charge in [-0.1, -0.05) is 12.1 Å². The monoisotopic (exact) mass is 230 g/mol. The lowest BCUT2D eigenvalue weighted by Crippen LogP contribution is -2.21. The first-order chi connectivity index (χ1) is 8.16. The van der Waals surface area contributed by atoms with E-state index >= 15 is 0 Å². The van der Waals surface area contributed by atoms with Crippen molar-refractivity contribution in [3.63, 3.8) is 0 Å². The molecule has 0 atom stereocenters. The van der Waals surface area contributed by atoms with E-state index in [0.29, 0.717) is 6.42 Å². The molecule has 1 saturated carbocycles. The molecule has 0 unspecified atom stereocenters. The number of rotatable bonds is 3. The summed E-state index contributed by atoms with van der Waals surface area (Å²) in [5.41, 5.74) is 1.69. The fourth-order valence-corrected chi connectivity index (χ4v) is 1.77. The Balaban J connectivity index is 2.04. The van der Waals surface area contributed by atoms with Crippen molar-refractivity contribution in [3.05, 3.63) is 41.6 Å². The highest BCUT2D eigenvalue weighted by molar-refractivity contribution is 5.97. The number of benzene rings is 1. The number of hydrogen-bond donors (Lipinski definition) is 1. The number of ketones is 1. The molecule has 17 heavy (non-hydrogen) atoms. The molecule has 0 amide bonds. The van der Waals surface area contributed by atoms with Gasteiger partial charge >= 0.3 is 0 Å². The van der Waals surface area contributed by atoms with Gasteiger partial charge in [0.15, 0.2) is 5.78 Å². The Morgan fingerprint density at radius 3 is 2.47 bits per heavy atom. The number of anilines is 1. The lowest BCUT2D eigenvalue weighted by atomic mass is 10.2. The Morgan fingerprint density at radius 1 is 1.24 bits per heavy atom. The second-order valence-electron chi connectivity index (χ2n) is 3.96. The van der Waals surface area contributed by atoms with Crippen molar-refractivity contribution in [2.24, 2.45) is 0 Å². The van der Waals surface area contributed by atoms with Gasteiger partial charge in [0.1, 0.15) is 0 Å². The zero-order chi connectivity index (χ0) is 12.3. The fraction of sp³-hybridized carbons (Fsp3) is 0.231. The normalized spacial score (nSPS) is 17.4. The number of aromatic carboxylic acids is 1. The van der Waals surface area contributed by atoms with Gasteiger partial charge < -0.3 is 15.2 Å². The summed E-state index contributed by atoms with van der Waals surface area (Å²) >= 11 is 0. The van der Waals surface area contributed by atoms with Gasteiger partial charge in [-0.2, -0.15) is 0 Å². The summed E-state index contributed by atoms with van der Waals surface area (Å²) in [5.74, 6) is -1.01. The Labute approximate surface area is 99.0 Å². The number of nitrogens with one attached hydrogen (secondary N) is 1. The molecule has 88 valence electrons. The van der Waals surface area contributed by atoms with Crippen LogP contribution in [0.2, 0.25) is 0 Å². The van der Waals surface area contributed by atoms with Crippen molar-refractivity contribution in [3.8, 4) is 0 Å². The fourth-order valence-electron chi connectivity index (χ4n) is 1.77. The lowest BCUT2D eigenvalue weighted by molar-refractivity contribution is -0.255. The molecule has 0 heterocycles. The number of Topliss-reactive ketones (excluding diaryl/α,β-unsaturated/α-hetero) is 1. The smallest absolute Gasteiger partial charge is 0.160 e. The molecule has 1 aliphatic carbocycles. The number of carboxylic acid groups (broad SMARTS) is 1. The van der Waals surface area contributed by atoms with Gasteiger partial charge in [-0.25, -0.2) is 0 Å². The lowest BCUT2D eigenvalue weighted by Gasteiger charge is -2.05. The molecular formula is C13H12NO3-. The molecular weight excluding hydrogens is 218 g/mol. The summed E-state index contributed by atoms with van der Waals surface area (Å²) in [4.78, 5) is 21.9. The van der Waals surface area contributed by atoms with Crippen LogP contribution in [0.15, 0.2) is 36.0 Å². The molecule has 4 nitrogen and oxygen atoms in total. The van der Waals surface area contributed by atoms with Crippen molar-refractivity contribution < 1.29 is 14.7 Å². The van der Waals surface area contributed by atoms with Crippen LogP contribution in [0.4, 0.5) is 5.69 Å². The van der Waals surface area contributed by atoms with E-state index in [1.807, 2.05) is 0 Å². The minimum atomic E-state index is -1.19. The van der Waals surface area contributed by atoms with E-state index in [1.165, 1.54) is 12.1 Å². The van der Waals surface area contributed by atoms with E-state index < -0.39 is 5.97 Å². The molecule has 1 N–H and O–H groups in total. The minimum absolute atomic E-state index is 0.139. The summed E-state index contributed by atoms with van der Waals surface area (Å²) in [7, 11) is 0. The summed E-state index contributed by atoms with van der Waals surface area (Å²) in [6, 6.07) is 6.21. The molecule has 2 rings (SSSR count). The van der Waals surface area contributed by atoms with Crippen LogP contribution in [0, 0.1) is 0 Å². The van der Waals surface area contributed by atoms with Gasteiger partial charge in [-0.15, -0.1) is 0 Å². The molecule has 0 spiro atoms. The van der Waals surface area contributed by atoms with Crippen molar-refractivity contribution in [1.29, 1.82) is 0 Å². The predicted octanol–water partition coefficient (Wildman–Crippen LogP) is 1.10. The largest absolute Gasteiger partial charge is 0.545 e. The number of hydrogen-bond acceptors (Lipinski definition) is 4. The van der Waals surface area contributed by atoms with Crippen LogP contribution in [0.5, 0.6) is 0 Å². The second-order valence-corrected chi connectivity index (χ2v) is 3.96. The zero-order valence-corrected chi connectivity index (χ0v) is 9.23. The van der Waals surface area contributed by atoms with Crippen LogP contribution < -0.4 is 10.4 Å². The topological polar surface area (TPSA) is 69.2 Å². The third-order valence-electron chi connectivity index (χ3n) is 2.74. The van der Waals surface area contributed by atoms with Crippen LogP contribution in [0.25, 0.3) is 0 Å². The minimum Gasteiger partial charge on any atom is -0.545 e. The number of carbonyl (C=O) groups excluding carboxylic acids is 2. The average Bonchev–Trinajstić information content (AvgIpc) is 2.73. The third-order valence-corrected chi connectivity index (χ3v) is 2.74. The summed E-state index contributed by atoms with van der Waals surface area (Å²) < 4.78 is 0. The highest BCUT2D eigenvalue weighted by Crippen LogP contribution is 2.20. The van der Waals surface area contributed by atoms with Crippen molar-refractivity contribution in [1.82, 2.24) is 0 Å². The number of carboxylic acids is 1. The standard InChI is InChI=1S/C13H13NO3/c15-12-3-1-2-10(12)8-14-11-6-4-9(5-7-11)13(16)17/h4-8,14H,1-3H2,(H,16,17)/p-1/b10-8-. The van der Waals surface area contributed by atoms with Gasteiger partial charge in [-0.3, -0.25) is 4.79 Å². The number of carbonyl (C=O) groups is 2. The van der Waals surface area contributed by atoms with E-state index in [9.17, 15) is 14.7 Å². The molecule has 1 aromatic rings. The van der Waals surface area contributed by atoms with Gasteiger partial charge in [0.2, 0.25) is 0 Å². The maximum absolute atomic E-state index is 11.3. The van der Waals surface area contributed by atoms with E-state index in [1.54, 1.807) is 18.3 Å². The summed E-state index contributed by atoms with van der Waals surface area (Å²) in [6.45, 7) is 0. The van der Waals surface area contributed by atoms with E-state index in [-0.39, 0.29) is 11.3 Å². The van der Waals surface area contributed by atoms with Crippen LogP contribution >= 0.6 is 0 Å². The van der Waals surface area contributed by atoms with Crippen molar-refractivity contribution >= 4 is 17.4 Å². The molecule has 1 aromatic carbocycles. The zero-order valence-electron chi connectivity index (χ0n) is 9.23. The summed E-state index contributed by atoms with van der Waals surface area (Å²) in [6.07, 6.45) is 4.04. The van der Waals surface area contributed by atoms with Crippen LogP contribution in [-0.4, -0.2) is 11.8 Å². The third kappa shape index (κ3) is 2.72. The van der Waals surface area contributed by atoms with Gasteiger partial charge in [-0.05, 0) is 30.5 Å². The van der Waals surface area contributed by atoms with Gasteiger partial charge in [0.25, 0.3) is 0 Å². The van der Waals surface area contributed by atoms with Crippen LogP contribution in [0.3, 0.4) is 0 Å². The summed E-state index contributed by atoms with van der Waals surface area (Å²) in [5, 5.41) is 13.5. The molecule has 1 aliphatic rings. The van der Waals surface area contributed by atoms with Crippen LogP contribution in [-0.2, 0) is 4.79 Å². The quantitative estimate of drug-likeness (QED) is 0.789. The molecule has 1 fully saturated rings. The van der Waals surface area contributed by atoms with Crippen molar-refractivity contribution in [2.75, 3.05) is 5.32 Å². The molecule has 4 heteroatoms. The predicted molar refractivity (Wildman–Crippen MR) is 61.3 cm³/mol. The first-order valence-electron chi connectivity index (χ1n) is 5.47. The van der Waals surface area contributed by atoms with E-state index in [2.05, 4.69) is 5.32 Å². The highest BCUT2D eigenvalue weighted by atomic mass is 16.4. The molecule has 0 saturated heterocycles. The Hall–Kier alpha value is -2.10. The van der Waals surface area contributed by atoms with Crippen molar-refractivity contribution in [2.45, 2.75) is 19.3 Å². The maximum atomic E-state index is 11.3. The van der Waals surface area contributed by atoms with Gasteiger partial charge in [0, 0.05) is 23.9 Å². The van der Waals surface area contributed by atoms with E-state index in [4.69, 9.17) is 0 Å². The second kappa shape index (κ2) is 4.82. The molecule has 0 bridgehead atoms. The Kier molecular flexibility index (Phi) is 3.23.